The van der Waals surface area contributed by atoms with Gasteiger partial charge in [0, 0.05) is 42.4 Å². The number of thiazole rings is 1. The minimum Gasteiger partial charge on any atom is -0.370 e. The van der Waals surface area contributed by atoms with Gasteiger partial charge in [0.2, 0.25) is 0 Å². The number of nitriles is 1. The zero-order valence-electron chi connectivity index (χ0n) is 18.2. The predicted molar refractivity (Wildman–Crippen MR) is 130 cm³/mol. The standard InChI is InChI=1S/C26H24N4OS/c1-17-7-9-18(10-8-17)22-16-32-25(28-22)19-11-13-30(14-12-19)24-20-5-3-4-6-23(20)29(2)26(31)21(24)15-27/h3-10,16,19H,11-14H2,1-2H3. The van der Waals surface area contributed by atoms with Gasteiger partial charge >= 0.3 is 0 Å². The Balaban J connectivity index is 1.41. The van der Waals surface area contributed by atoms with Crippen LogP contribution in [0.15, 0.2) is 58.7 Å². The van der Waals surface area contributed by atoms with Crippen molar-refractivity contribution in [3.63, 3.8) is 0 Å². The van der Waals surface area contributed by atoms with E-state index in [1.165, 1.54) is 10.6 Å². The van der Waals surface area contributed by atoms with Crippen LogP contribution in [0.5, 0.6) is 0 Å². The molecule has 0 spiro atoms. The maximum atomic E-state index is 12.8. The molecule has 2 aromatic heterocycles. The van der Waals surface area contributed by atoms with Crippen LogP contribution in [0.3, 0.4) is 0 Å². The Kier molecular flexibility index (Phi) is 5.28. The summed E-state index contributed by atoms with van der Waals surface area (Å²) in [7, 11) is 1.73. The van der Waals surface area contributed by atoms with E-state index in [-0.39, 0.29) is 11.1 Å². The first kappa shape index (κ1) is 20.5. The minimum absolute atomic E-state index is 0.231. The second-order valence-electron chi connectivity index (χ2n) is 8.42. The van der Waals surface area contributed by atoms with Gasteiger partial charge in [-0.15, -0.1) is 11.3 Å². The van der Waals surface area contributed by atoms with Crippen LogP contribution in [0.1, 0.15) is 34.9 Å². The minimum atomic E-state index is -0.231. The number of anilines is 1. The molecule has 1 fully saturated rings. The Morgan fingerprint density at radius 3 is 2.53 bits per heavy atom. The van der Waals surface area contributed by atoms with Gasteiger partial charge in [-0.2, -0.15) is 5.26 Å². The lowest BCUT2D eigenvalue weighted by Gasteiger charge is -2.34. The summed E-state index contributed by atoms with van der Waals surface area (Å²) in [6.07, 6.45) is 1.91. The van der Waals surface area contributed by atoms with Crippen LogP contribution in [-0.4, -0.2) is 22.6 Å². The first-order chi connectivity index (χ1) is 15.6. The molecule has 0 unspecified atom stereocenters. The highest BCUT2D eigenvalue weighted by atomic mass is 32.1. The van der Waals surface area contributed by atoms with Gasteiger partial charge in [-0.25, -0.2) is 4.98 Å². The number of aromatic nitrogens is 2. The van der Waals surface area contributed by atoms with Gasteiger partial charge in [-0.3, -0.25) is 4.79 Å². The monoisotopic (exact) mass is 440 g/mol. The van der Waals surface area contributed by atoms with Crippen molar-refractivity contribution in [2.45, 2.75) is 25.7 Å². The Morgan fingerprint density at radius 2 is 1.81 bits per heavy atom. The van der Waals surface area contributed by atoms with Crippen molar-refractivity contribution in [2.24, 2.45) is 7.05 Å². The summed E-state index contributed by atoms with van der Waals surface area (Å²) < 4.78 is 1.58. The summed E-state index contributed by atoms with van der Waals surface area (Å²) in [5, 5.41) is 14.1. The number of para-hydroxylation sites is 1. The van der Waals surface area contributed by atoms with Crippen LogP contribution in [0.2, 0.25) is 0 Å². The van der Waals surface area contributed by atoms with E-state index in [0.29, 0.717) is 5.92 Å². The van der Waals surface area contributed by atoms with Crippen LogP contribution in [0.4, 0.5) is 5.69 Å². The quantitative estimate of drug-likeness (QED) is 0.438. The van der Waals surface area contributed by atoms with Crippen molar-refractivity contribution in [1.82, 2.24) is 9.55 Å². The summed E-state index contributed by atoms with van der Waals surface area (Å²) in [6.45, 7) is 3.69. The molecule has 0 atom stereocenters. The number of fused-ring (bicyclic) bond motifs is 1. The molecule has 32 heavy (non-hydrogen) atoms. The van der Waals surface area contributed by atoms with Crippen molar-refractivity contribution in [3.05, 3.63) is 80.4 Å². The van der Waals surface area contributed by atoms with Crippen LogP contribution in [0.25, 0.3) is 22.2 Å². The smallest absolute Gasteiger partial charge is 0.270 e. The summed E-state index contributed by atoms with van der Waals surface area (Å²) in [4.78, 5) is 20.0. The van der Waals surface area contributed by atoms with Gasteiger partial charge in [0.05, 0.1) is 21.9 Å². The number of piperidine rings is 1. The summed E-state index contributed by atoms with van der Waals surface area (Å²) in [5.41, 5.74) is 5.08. The Hall–Kier alpha value is -3.43. The fourth-order valence-corrected chi connectivity index (χ4v) is 5.59. The summed E-state index contributed by atoms with van der Waals surface area (Å²) >= 11 is 1.73. The molecule has 5 rings (SSSR count). The lowest BCUT2D eigenvalue weighted by Crippen LogP contribution is -2.35. The van der Waals surface area contributed by atoms with Gasteiger partial charge in [0.15, 0.2) is 0 Å². The number of rotatable bonds is 3. The van der Waals surface area contributed by atoms with E-state index in [4.69, 9.17) is 4.98 Å². The third-order valence-corrected chi connectivity index (χ3v) is 7.42. The Morgan fingerprint density at radius 1 is 1.09 bits per heavy atom. The highest BCUT2D eigenvalue weighted by molar-refractivity contribution is 7.10. The van der Waals surface area contributed by atoms with Crippen molar-refractivity contribution < 1.29 is 0 Å². The Bertz CT molecular complexity index is 1390. The zero-order chi connectivity index (χ0) is 22.2. The van der Waals surface area contributed by atoms with Gasteiger partial charge < -0.3 is 9.47 Å². The summed E-state index contributed by atoms with van der Waals surface area (Å²) in [6, 6.07) is 18.5. The van der Waals surface area contributed by atoms with E-state index in [9.17, 15) is 10.1 Å². The van der Waals surface area contributed by atoms with E-state index in [1.54, 1.807) is 23.0 Å². The second kappa shape index (κ2) is 8.25. The van der Waals surface area contributed by atoms with Crippen LogP contribution >= 0.6 is 11.3 Å². The van der Waals surface area contributed by atoms with Gasteiger partial charge in [0.1, 0.15) is 11.6 Å². The van der Waals surface area contributed by atoms with Gasteiger partial charge in [-0.05, 0) is 25.8 Å². The molecule has 4 aromatic rings. The fourth-order valence-electron chi connectivity index (χ4n) is 4.59. The number of hydrogen-bond donors (Lipinski definition) is 0. The molecule has 0 aliphatic carbocycles. The molecule has 5 nitrogen and oxygen atoms in total. The Labute approximate surface area is 191 Å². The van der Waals surface area contributed by atoms with E-state index >= 15 is 0 Å². The predicted octanol–water partition coefficient (Wildman–Crippen LogP) is 5.23. The van der Waals surface area contributed by atoms with Crippen molar-refractivity contribution >= 4 is 27.9 Å². The maximum absolute atomic E-state index is 12.8. The molecule has 0 radical (unpaired) electrons. The third-order valence-electron chi connectivity index (χ3n) is 6.42. The van der Waals surface area contributed by atoms with Crippen molar-refractivity contribution in [3.8, 4) is 17.3 Å². The van der Waals surface area contributed by atoms with Crippen molar-refractivity contribution in [2.75, 3.05) is 18.0 Å². The number of hydrogen-bond acceptors (Lipinski definition) is 5. The van der Waals surface area contributed by atoms with E-state index in [1.807, 2.05) is 24.3 Å². The fraction of sp³-hybridized carbons (Fsp3) is 0.269. The summed E-state index contributed by atoms with van der Waals surface area (Å²) in [5.74, 6) is 0.402. The van der Waals surface area contributed by atoms with Gasteiger partial charge in [0.25, 0.3) is 5.56 Å². The average molecular weight is 441 g/mol. The van der Waals surface area contributed by atoms with E-state index < -0.39 is 0 Å². The highest BCUT2D eigenvalue weighted by Gasteiger charge is 2.27. The van der Waals surface area contributed by atoms with Crippen LogP contribution in [-0.2, 0) is 7.05 Å². The van der Waals surface area contributed by atoms with Gasteiger partial charge in [-0.1, -0.05) is 48.0 Å². The lowest BCUT2D eigenvalue weighted by molar-refractivity contribution is 0.504. The average Bonchev–Trinajstić information content (AvgIpc) is 3.32. The number of benzene rings is 2. The molecule has 1 aliphatic heterocycles. The number of pyridine rings is 1. The van der Waals surface area contributed by atoms with E-state index in [2.05, 4.69) is 47.5 Å². The normalized spacial score (nSPS) is 14.6. The molecule has 1 saturated heterocycles. The van der Waals surface area contributed by atoms with Crippen LogP contribution < -0.4 is 10.5 Å². The molecule has 0 saturated carbocycles. The highest BCUT2D eigenvalue weighted by Crippen LogP contribution is 2.36. The first-order valence-electron chi connectivity index (χ1n) is 10.9. The molecule has 1 aliphatic rings. The topological polar surface area (TPSA) is 61.9 Å². The first-order valence-corrected chi connectivity index (χ1v) is 11.7. The second-order valence-corrected chi connectivity index (χ2v) is 9.30. The lowest BCUT2D eigenvalue weighted by atomic mass is 9.96. The SMILES string of the molecule is Cc1ccc(-c2csc(C3CCN(c4c(C#N)c(=O)n(C)c5ccccc45)CC3)n2)cc1. The molecule has 6 heteroatoms. The van der Waals surface area contributed by atoms with Crippen LogP contribution in [0, 0.1) is 18.3 Å². The molecule has 0 amide bonds. The molecule has 2 aromatic carbocycles. The largest absolute Gasteiger partial charge is 0.370 e. The number of aryl methyl sites for hydroxylation is 2. The van der Waals surface area contributed by atoms with Crippen molar-refractivity contribution in [1.29, 1.82) is 5.26 Å². The zero-order valence-corrected chi connectivity index (χ0v) is 19.0. The molecule has 0 bridgehead atoms. The third kappa shape index (κ3) is 3.49. The molecule has 160 valence electrons. The number of nitrogens with zero attached hydrogens (tertiary/aromatic N) is 4. The molecular weight excluding hydrogens is 416 g/mol. The van der Waals surface area contributed by atoms with E-state index in [0.717, 1.165) is 53.8 Å². The molecule has 0 N–H and O–H groups in total. The molecular formula is C26H24N4OS. The molecule has 3 heterocycles. The maximum Gasteiger partial charge on any atom is 0.270 e.